The van der Waals surface area contributed by atoms with Gasteiger partial charge in [-0.15, -0.1) is 0 Å². The first kappa shape index (κ1) is 11.6. The molecular weight excluding hydrogens is 198 g/mol. The second kappa shape index (κ2) is 5.41. The number of hydrogen-bond acceptors (Lipinski definition) is 3. The average Bonchev–Trinajstić information content (AvgIpc) is 2.54. The molecule has 0 aromatic carbocycles. The Morgan fingerprint density at radius 3 is 3.12 bits per heavy atom. The lowest BCUT2D eigenvalue weighted by Crippen LogP contribution is -2.36. The molecule has 2 heterocycles. The van der Waals surface area contributed by atoms with Crippen LogP contribution in [0.2, 0.25) is 0 Å². The van der Waals surface area contributed by atoms with Gasteiger partial charge in [-0.05, 0) is 38.9 Å². The van der Waals surface area contributed by atoms with Gasteiger partial charge in [-0.2, -0.15) is 0 Å². The van der Waals surface area contributed by atoms with Gasteiger partial charge in [0, 0.05) is 31.4 Å². The van der Waals surface area contributed by atoms with E-state index in [1.165, 1.54) is 12.1 Å². The third kappa shape index (κ3) is 2.80. The first-order valence-electron chi connectivity index (χ1n) is 6.15. The molecular formula is C13H21N3. The van der Waals surface area contributed by atoms with Gasteiger partial charge in [0.1, 0.15) is 0 Å². The molecule has 16 heavy (non-hydrogen) atoms. The van der Waals surface area contributed by atoms with Crippen LogP contribution >= 0.6 is 0 Å². The Kier molecular flexibility index (Phi) is 3.91. The van der Waals surface area contributed by atoms with E-state index in [-0.39, 0.29) is 0 Å². The van der Waals surface area contributed by atoms with Crippen molar-refractivity contribution in [2.24, 2.45) is 0 Å². The molecule has 0 bridgehead atoms. The normalized spacial score (nSPS) is 25.0. The Balaban J connectivity index is 2.05. The third-order valence-corrected chi connectivity index (χ3v) is 3.29. The molecule has 0 radical (unpaired) electrons. The van der Waals surface area contributed by atoms with Crippen LogP contribution in [0.4, 0.5) is 0 Å². The Morgan fingerprint density at radius 2 is 2.38 bits per heavy atom. The van der Waals surface area contributed by atoms with E-state index in [0.29, 0.717) is 12.1 Å². The zero-order valence-electron chi connectivity index (χ0n) is 10.2. The summed E-state index contributed by atoms with van der Waals surface area (Å²) in [7, 11) is 0. The van der Waals surface area contributed by atoms with Crippen LogP contribution < -0.4 is 5.32 Å². The molecule has 0 saturated carbocycles. The summed E-state index contributed by atoms with van der Waals surface area (Å²) < 4.78 is 0. The minimum absolute atomic E-state index is 0.420. The van der Waals surface area contributed by atoms with E-state index in [1.54, 1.807) is 0 Å². The van der Waals surface area contributed by atoms with E-state index >= 15 is 0 Å². The van der Waals surface area contributed by atoms with Crippen LogP contribution in [0.1, 0.15) is 32.0 Å². The van der Waals surface area contributed by atoms with Crippen LogP contribution in [0.5, 0.6) is 0 Å². The number of hydrogen-bond donors (Lipinski definition) is 1. The minimum atomic E-state index is 0.420. The van der Waals surface area contributed by atoms with Crippen molar-refractivity contribution in [1.82, 2.24) is 15.2 Å². The highest BCUT2D eigenvalue weighted by Gasteiger charge is 2.20. The fourth-order valence-electron chi connectivity index (χ4n) is 2.30. The molecule has 1 N–H and O–H groups in total. The van der Waals surface area contributed by atoms with Gasteiger partial charge in [0.05, 0.1) is 5.69 Å². The lowest BCUT2D eigenvalue weighted by molar-refractivity contribution is 0.207. The van der Waals surface area contributed by atoms with Gasteiger partial charge >= 0.3 is 0 Å². The molecule has 1 aromatic heterocycles. The first-order chi connectivity index (χ1) is 7.77. The number of aromatic nitrogens is 1. The highest BCUT2D eigenvalue weighted by molar-refractivity contribution is 5.08. The van der Waals surface area contributed by atoms with Crippen LogP contribution in [0.3, 0.4) is 0 Å². The number of nitrogens with zero attached hydrogens (tertiary/aromatic N) is 2. The quantitative estimate of drug-likeness (QED) is 0.822. The maximum absolute atomic E-state index is 4.45. The zero-order valence-corrected chi connectivity index (χ0v) is 10.2. The second-order valence-electron chi connectivity index (χ2n) is 4.63. The highest BCUT2D eigenvalue weighted by Crippen LogP contribution is 2.19. The minimum Gasteiger partial charge on any atom is -0.313 e. The van der Waals surface area contributed by atoms with Crippen molar-refractivity contribution in [3.63, 3.8) is 0 Å². The van der Waals surface area contributed by atoms with Crippen molar-refractivity contribution >= 4 is 0 Å². The van der Waals surface area contributed by atoms with Gasteiger partial charge in [-0.25, -0.2) is 0 Å². The molecule has 0 aliphatic carbocycles. The third-order valence-electron chi connectivity index (χ3n) is 3.29. The van der Waals surface area contributed by atoms with Crippen molar-refractivity contribution < 1.29 is 0 Å². The molecule has 2 unspecified atom stereocenters. The Bertz CT molecular complexity index is 312. The topological polar surface area (TPSA) is 28.2 Å². The maximum atomic E-state index is 4.45. The molecule has 88 valence electrons. The molecule has 0 amide bonds. The first-order valence-corrected chi connectivity index (χ1v) is 6.15. The molecule has 3 heteroatoms. The average molecular weight is 219 g/mol. The zero-order chi connectivity index (χ0) is 11.4. The van der Waals surface area contributed by atoms with Crippen LogP contribution in [0.15, 0.2) is 24.4 Å². The highest BCUT2D eigenvalue weighted by atomic mass is 15.2. The SMILES string of the molecule is CC1CN(C(C)c2ccccn2)CCCN1. The van der Waals surface area contributed by atoms with E-state index in [0.717, 1.165) is 19.6 Å². The largest absolute Gasteiger partial charge is 0.313 e. The number of pyridine rings is 1. The standard InChI is InChI=1S/C13H21N3/c1-11-10-16(9-5-8-14-11)12(2)13-6-3-4-7-15-13/h3-4,6-7,11-12,14H,5,8-10H2,1-2H3. The van der Waals surface area contributed by atoms with Gasteiger partial charge in [0.15, 0.2) is 0 Å². The summed E-state index contributed by atoms with van der Waals surface area (Å²) in [4.78, 5) is 6.97. The van der Waals surface area contributed by atoms with Crippen molar-refractivity contribution in [1.29, 1.82) is 0 Å². The van der Waals surface area contributed by atoms with Crippen LogP contribution in [0, 0.1) is 0 Å². The molecule has 2 rings (SSSR count). The van der Waals surface area contributed by atoms with E-state index < -0.39 is 0 Å². The molecule has 1 fully saturated rings. The summed E-state index contributed by atoms with van der Waals surface area (Å²) in [5, 5.41) is 3.52. The van der Waals surface area contributed by atoms with Gasteiger partial charge < -0.3 is 5.32 Å². The number of rotatable bonds is 2. The molecule has 2 atom stereocenters. The summed E-state index contributed by atoms with van der Waals surface area (Å²) in [6.07, 6.45) is 3.10. The van der Waals surface area contributed by atoms with E-state index in [9.17, 15) is 0 Å². The molecule has 1 saturated heterocycles. The van der Waals surface area contributed by atoms with Crippen molar-refractivity contribution in [3.8, 4) is 0 Å². The molecule has 3 nitrogen and oxygen atoms in total. The molecule has 1 aliphatic heterocycles. The van der Waals surface area contributed by atoms with Crippen molar-refractivity contribution in [2.75, 3.05) is 19.6 Å². The van der Waals surface area contributed by atoms with E-state index in [1.807, 2.05) is 12.3 Å². The maximum Gasteiger partial charge on any atom is 0.0572 e. The van der Waals surface area contributed by atoms with E-state index in [2.05, 4.69) is 41.2 Å². The van der Waals surface area contributed by atoms with Gasteiger partial charge in [-0.3, -0.25) is 9.88 Å². The van der Waals surface area contributed by atoms with Gasteiger partial charge in [0.2, 0.25) is 0 Å². The van der Waals surface area contributed by atoms with E-state index in [4.69, 9.17) is 0 Å². The Morgan fingerprint density at radius 1 is 1.50 bits per heavy atom. The molecule has 1 aromatic rings. The summed E-state index contributed by atoms with van der Waals surface area (Å²) in [5.41, 5.74) is 1.18. The Hall–Kier alpha value is -0.930. The second-order valence-corrected chi connectivity index (χ2v) is 4.63. The summed E-state index contributed by atoms with van der Waals surface area (Å²) >= 11 is 0. The lowest BCUT2D eigenvalue weighted by atomic mass is 10.1. The predicted molar refractivity (Wildman–Crippen MR) is 66.3 cm³/mol. The van der Waals surface area contributed by atoms with Crippen molar-refractivity contribution in [3.05, 3.63) is 30.1 Å². The Labute approximate surface area is 97.9 Å². The summed E-state index contributed by atoms with van der Waals surface area (Å²) in [6.45, 7) is 7.91. The summed E-state index contributed by atoms with van der Waals surface area (Å²) in [6, 6.07) is 7.16. The predicted octanol–water partition coefficient (Wildman–Crippen LogP) is 1.83. The smallest absolute Gasteiger partial charge is 0.0572 e. The van der Waals surface area contributed by atoms with Crippen molar-refractivity contribution in [2.45, 2.75) is 32.4 Å². The molecule has 0 spiro atoms. The number of nitrogens with one attached hydrogen (secondary N) is 1. The van der Waals surface area contributed by atoms with Crippen LogP contribution in [-0.4, -0.2) is 35.6 Å². The lowest BCUT2D eigenvalue weighted by Gasteiger charge is -2.28. The van der Waals surface area contributed by atoms with Crippen LogP contribution in [0.25, 0.3) is 0 Å². The fraction of sp³-hybridized carbons (Fsp3) is 0.615. The van der Waals surface area contributed by atoms with Gasteiger partial charge in [-0.1, -0.05) is 6.07 Å². The van der Waals surface area contributed by atoms with Crippen LogP contribution in [-0.2, 0) is 0 Å². The fourth-order valence-corrected chi connectivity index (χ4v) is 2.30. The monoisotopic (exact) mass is 219 g/mol. The molecule has 1 aliphatic rings. The van der Waals surface area contributed by atoms with Gasteiger partial charge in [0.25, 0.3) is 0 Å². The summed E-state index contributed by atoms with van der Waals surface area (Å²) in [5.74, 6) is 0.